The molecule has 1 aromatic heterocycles. The van der Waals surface area contributed by atoms with Crippen LogP contribution in [0.3, 0.4) is 0 Å². The highest BCUT2D eigenvalue weighted by Gasteiger charge is 2.24. The lowest BCUT2D eigenvalue weighted by Gasteiger charge is -2.23. The predicted octanol–water partition coefficient (Wildman–Crippen LogP) is 3.09. The van der Waals surface area contributed by atoms with Gasteiger partial charge in [-0.2, -0.15) is 0 Å². The maximum Gasteiger partial charge on any atom is 0.326 e. The van der Waals surface area contributed by atoms with E-state index in [1.54, 1.807) is 0 Å². The molecule has 2 aromatic carbocycles. The second-order valence-corrected chi connectivity index (χ2v) is 10.0. The zero-order valence-electron chi connectivity index (χ0n) is 17.5. The van der Waals surface area contributed by atoms with E-state index >= 15 is 0 Å². The summed E-state index contributed by atoms with van der Waals surface area (Å²) in [6.07, 6.45) is 0.964. The molecule has 8 heteroatoms. The molecule has 160 valence electrons. The van der Waals surface area contributed by atoms with Crippen molar-refractivity contribution < 1.29 is 8.42 Å². The standard InChI is InChI=1S/C22H27N3O4S/c1-13(2)11-15-5-7-16(8-6-15)20(14(3)4)25-30(28,29)17-9-10-19-18(12-17)21(26)24-22(27)23-19/h5-10,12-14,20,25H,11H2,1-4H3,(H2,23,24,26,27)/t20-/m1/s1. The number of hydrogen-bond donors (Lipinski definition) is 3. The van der Waals surface area contributed by atoms with Gasteiger partial charge in [0.15, 0.2) is 0 Å². The summed E-state index contributed by atoms with van der Waals surface area (Å²) in [6.45, 7) is 8.21. The molecular weight excluding hydrogens is 402 g/mol. The molecule has 7 nitrogen and oxygen atoms in total. The third-order valence-corrected chi connectivity index (χ3v) is 6.39. The molecular formula is C22H27N3O4S. The summed E-state index contributed by atoms with van der Waals surface area (Å²) in [5, 5.41) is 0.108. The first-order chi connectivity index (χ1) is 14.1. The average Bonchev–Trinajstić information content (AvgIpc) is 2.66. The van der Waals surface area contributed by atoms with Gasteiger partial charge in [0.2, 0.25) is 10.0 Å². The van der Waals surface area contributed by atoms with Crippen LogP contribution < -0.4 is 16.0 Å². The Morgan fingerprint density at radius 2 is 1.60 bits per heavy atom. The fourth-order valence-corrected chi connectivity index (χ4v) is 4.87. The van der Waals surface area contributed by atoms with Gasteiger partial charge in [-0.05, 0) is 47.6 Å². The van der Waals surface area contributed by atoms with Gasteiger partial charge < -0.3 is 4.98 Å². The quantitative estimate of drug-likeness (QED) is 0.536. The van der Waals surface area contributed by atoms with Crippen molar-refractivity contribution in [2.24, 2.45) is 11.8 Å². The van der Waals surface area contributed by atoms with Gasteiger partial charge in [0, 0.05) is 6.04 Å². The minimum atomic E-state index is -3.89. The van der Waals surface area contributed by atoms with Crippen LogP contribution in [0.15, 0.2) is 56.9 Å². The maximum atomic E-state index is 13.1. The van der Waals surface area contributed by atoms with Crippen LogP contribution in [0.25, 0.3) is 10.9 Å². The fourth-order valence-electron chi connectivity index (χ4n) is 3.47. The molecule has 1 heterocycles. The second kappa shape index (κ2) is 8.57. The number of benzene rings is 2. The Balaban J connectivity index is 1.94. The number of H-pyrrole nitrogens is 2. The summed E-state index contributed by atoms with van der Waals surface area (Å²) in [4.78, 5) is 28.0. The van der Waals surface area contributed by atoms with E-state index in [9.17, 15) is 18.0 Å². The van der Waals surface area contributed by atoms with Crippen LogP contribution in [0.5, 0.6) is 0 Å². The third kappa shape index (κ3) is 4.88. The molecule has 0 unspecified atom stereocenters. The number of hydrogen-bond acceptors (Lipinski definition) is 4. The molecule has 3 N–H and O–H groups in total. The predicted molar refractivity (Wildman–Crippen MR) is 118 cm³/mol. The van der Waals surface area contributed by atoms with Gasteiger partial charge in [-0.3, -0.25) is 9.78 Å². The van der Waals surface area contributed by atoms with Gasteiger partial charge in [-0.15, -0.1) is 0 Å². The van der Waals surface area contributed by atoms with E-state index in [1.165, 1.54) is 23.8 Å². The molecule has 0 aliphatic rings. The van der Waals surface area contributed by atoms with Crippen molar-refractivity contribution in [1.82, 2.24) is 14.7 Å². The van der Waals surface area contributed by atoms with Crippen molar-refractivity contribution in [1.29, 1.82) is 0 Å². The SMILES string of the molecule is CC(C)Cc1ccc([C@H](NS(=O)(=O)c2ccc3[nH]c(=O)[nH]c(=O)c3c2)C(C)C)cc1. The Kier molecular flexibility index (Phi) is 6.28. The Hall–Kier alpha value is -2.71. The largest absolute Gasteiger partial charge is 0.326 e. The number of fused-ring (bicyclic) bond motifs is 1. The van der Waals surface area contributed by atoms with E-state index in [4.69, 9.17) is 0 Å². The molecule has 0 fully saturated rings. The highest BCUT2D eigenvalue weighted by atomic mass is 32.2. The summed E-state index contributed by atoms with van der Waals surface area (Å²) < 4.78 is 28.9. The van der Waals surface area contributed by atoms with Crippen LogP contribution in [-0.2, 0) is 16.4 Å². The van der Waals surface area contributed by atoms with Crippen molar-refractivity contribution in [3.8, 4) is 0 Å². The van der Waals surface area contributed by atoms with Crippen LogP contribution in [0.2, 0.25) is 0 Å². The van der Waals surface area contributed by atoms with Crippen molar-refractivity contribution in [3.05, 3.63) is 74.4 Å². The Labute approximate surface area is 175 Å². The van der Waals surface area contributed by atoms with Gasteiger partial charge in [0.25, 0.3) is 5.56 Å². The van der Waals surface area contributed by atoms with Gasteiger partial charge >= 0.3 is 5.69 Å². The Morgan fingerprint density at radius 1 is 0.933 bits per heavy atom. The smallest absolute Gasteiger partial charge is 0.307 e. The van der Waals surface area contributed by atoms with Gasteiger partial charge in [-0.1, -0.05) is 52.0 Å². The van der Waals surface area contributed by atoms with E-state index in [0.717, 1.165) is 12.0 Å². The molecule has 30 heavy (non-hydrogen) atoms. The van der Waals surface area contributed by atoms with E-state index in [-0.39, 0.29) is 21.7 Å². The number of nitrogens with one attached hydrogen (secondary N) is 3. The lowest BCUT2D eigenvalue weighted by Crippen LogP contribution is -2.32. The highest BCUT2D eigenvalue weighted by Crippen LogP contribution is 2.26. The number of aromatic amines is 2. The highest BCUT2D eigenvalue weighted by molar-refractivity contribution is 7.89. The van der Waals surface area contributed by atoms with Gasteiger partial charge in [0.05, 0.1) is 15.8 Å². The molecule has 0 amide bonds. The van der Waals surface area contributed by atoms with E-state index in [0.29, 0.717) is 5.92 Å². The van der Waals surface area contributed by atoms with Crippen molar-refractivity contribution in [2.75, 3.05) is 0 Å². The summed E-state index contributed by atoms with van der Waals surface area (Å²) in [7, 11) is -3.89. The first-order valence-electron chi connectivity index (χ1n) is 9.94. The molecule has 0 aliphatic heterocycles. The maximum absolute atomic E-state index is 13.1. The summed E-state index contributed by atoms with van der Waals surface area (Å²) in [6, 6.07) is 11.6. The number of sulfonamides is 1. The average molecular weight is 430 g/mol. The number of aromatic nitrogens is 2. The zero-order chi connectivity index (χ0) is 22.1. The molecule has 0 saturated carbocycles. The minimum absolute atomic E-state index is 0.0101. The van der Waals surface area contributed by atoms with E-state index in [1.807, 2.05) is 38.1 Å². The Morgan fingerprint density at radius 3 is 2.20 bits per heavy atom. The molecule has 3 rings (SSSR count). The monoisotopic (exact) mass is 429 g/mol. The van der Waals surface area contributed by atoms with E-state index < -0.39 is 27.3 Å². The first-order valence-corrected chi connectivity index (χ1v) is 11.4. The molecule has 0 aliphatic carbocycles. The fraction of sp³-hybridized carbons (Fsp3) is 0.364. The van der Waals surface area contributed by atoms with E-state index in [2.05, 4.69) is 28.5 Å². The van der Waals surface area contributed by atoms with Crippen molar-refractivity contribution in [2.45, 2.75) is 45.1 Å². The molecule has 1 atom stereocenters. The zero-order valence-corrected chi connectivity index (χ0v) is 18.3. The summed E-state index contributed by atoms with van der Waals surface area (Å²) in [5.74, 6) is 0.553. The van der Waals surface area contributed by atoms with Crippen molar-refractivity contribution in [3.63, 3.8) is 0 Å². The van der Waals surface area contributed by atoms with Crippen LogP contribution in [0.1, 0.15) is 44.9 Å². The molecule has 0 saturated heterocycles. The molecule has 3 aromatic rings. The third-order valence-electron chi connectivity index (χ3n) is 4.95. The van der Waals surface area contributed by atoms with Crippen molar-refractivity contribution >= 4 is 20.9 Å². The molecule has 0 bridgehead atoms. The first kappa shape index (κ1) is 22.0. The lowest BCUT2D eigenvalue weighted by molar-refractivity contribution is 0.463. The molecule has 0 spiro atoms. The number of rotatable bonds is 7. The topological polar surface area (TPSA) is 112 Å². The van der Waals surface area contributed by atoms with Crippen LogP contribution in [0, 0.1) is 11.8 Å². The van der Waals surface area contributed by atoms with Crippen LogP contribution in [-0.4, -0.2) is 18.4 Å². The lowest BCUT2D eigenvalue weighted by atomic mass is 9.94. The molecule has 0 radical (unpaired) electrons. The van der Waals surface area contributed by atoms with Gasteiger partial charge in [0.1, 0.15) is 0 Å². The normalized spacial score (nSPS) is 13.3. The second-order valence-electron chi connectivity index (χ2n) is 8.30. The minimum Gasteiger partial charge on any atom is -0.307 e. The Bertz CT molecular complexity index is 1260. The summed E-state index contributed by atoms with van der Waals surface area (Å²) >= 11 is 0. The van der Waals surface area contributed by atoms with Crippen LogP contribution >= 0.6 is 0 Å². The summed E-state index contributed by atoms with van der Waals surface area (Å²) in [5.41, 5.74) is 1.10. The van der Waals surface area contributed by atoms with Gasteiger partial charge in [-0.25, -0.2) is 17.9 Å². The van der Waals surface area contributed by atoms with Crippen LogP contribution in [0.4, 0.5) is 0 Å².